The van der Waals surface area contributed by atoms with Crippen molar-refractivity contribution in [2.75, 3.05) is 41.5 Å². The second-order valence-corrected chi connectivity index (χ2v) is 9.21. The molecule has 0 aliphatic heterocycles. The van der Waals surface area contributed by atoms with E-state index >= 15 is 0 Å². The van der Waals surface area contributed by atoms with Crippen molar-refractivity contribution in [1.29, 1.82) is 0 Å². The average molecular weight is 498 g/mol. The maximum Gasteiger partial charge on any atom is 0.414 e. The van der Waals surface area contributed by atoms with Crippen molar-refractivity contribution in [3.63, 3.8) is 0 Å². The molecule has 2 heterocycles. The van der Waals surface area contributed by atoms with Gasteiger partial charge in [-0.05, 0) is 49.5 Å². The van der Waals surface area contributed by atoms with Gasteiger partial charge in [0, 0.05) is 50.4 Å². The molecule has 0 atom stereocenters. The van der Waals surface area contributed by atoms with Crippen molar-refractivity contribution in [1.82, 2.24) is 24.7 Å². The molecule has 0 aliphatic carbocycles. The predicted octanol–water partition coefficient (Wildman–Crippen LogP) is 4.38. The zero-order chi connectivity index (χ0) is 26.4. The first-order chi connectivity index (χ1) is 17.9. The first-order valence-electron chi connectivity index (χ1n) is 11.9. The van der Waals surface area contributed by atoms with E-state index in [1.807, 2.05) is 49.3 Å². The van der Waals surface area contributed by atoms with Gasteiger partial charge in [0.2, 0.25) is 0 Å². The van der Waals surface area contributed by atoms with Gasteiger partial charge in [-0.25, -0.2) is 4.79 Å². The zero-order valence-electron chi connectivity index (χ0n) is 21.6. The van der Waals surface area contributed by atoms with Gasteiger partial charge < -0.3 is 14.4 Å². The molecule has 0 aliphatic rings. The Morgan fingerprint density at radius 2 is 1.43 bits per heavy atom. The summed E-state index contributed by atoms with van der Waals surface area (Å²) < 4.78 is 11.5. The van der Waals surface area contributed by atoms with Gasteiger partial charge in [-0.2, -0.15) is 0 Å². The van der Waals surface area contributed by atoms with Crippen LogP contribution >= 0.6 is 0 Å². The second-order valence-electron chi connectivity index (χ2n) is 9.21. The van der Waals surface area contributed by atoms with Crippen molar-refractivity contribution in [2.24, 2.45) is 0 Å². The summed E-state index contributed by atoms with van der Waals surface area (Å²) in [5.41, 5.74) is 3.60. The molecule has 8 heteroatoms. The molecule has 8 nitrogen and oxygen atoms in total. The van der Waals surface area contributed by atoms with Gasteiger partial charge in [0.25, 0.3) is 0 Å². The minimum Gasteiger partial charge on any atom is -0.476 e. The summed E-state index contributed by atoms with van der Waals surface area (Å²) in [5, 5.41) is 1.94. The van der Waals surface area contributed by atoms with Crippen LogP contribution in [0, 0.1) is 12.3 Å². The fourth-order valence-electron chi connectivity index (χ4n) is 4.05. The number of ether oxygens (including phenoxy) is 2. The van der Waals surface area contributed by atoms with Crippen LogP contribution in [0.2, 0.25) is 0 Å². The van der Waals surface area contributed by atoms with E-state index in [4.69, 9.17) is 15.9 Å². The van der Waals surface area contributed by atoms with Crippen LogP contribution in [0.3, 0.4) is 0 Å². The molecule has 0 N–H and O–H groups in total. The number of rotatable bonds is 9. The number of nitrogens with zero attached hydrogens (tertiary/aromatic N) is 5. The summed E-state index contributed by atoms with van der Waals surface area (Å²) in [6.45, 7) is 2.14. The fraction of sp³-hybridized carbons (Fsp3) is 0.276. The van der Waals surface area contributed by atoms with E-state index in [9.17, 15) is 4.79 Å². The molecule has 0 unspecified atom stereocenters. The number of aromatic nitrogens is 2. The van der Waals surface area contributed by atoms with Gasteiger partial charge in [-0.3, -0.25) is 19.8 Å². The monoisotopic (exact) mass is 497 g/mol. The number of benzene rings is 2. The van der Waals surface area contributed by atoms with Crippen LogP contribution in [0.25, 0.3) is 21.8 Å². The van der Waals surface area contributed by atoms with Crippen molar-refractivity contribution >= 4 is 27.9 Å². The highest BCUT2D eigenvalue weighted by Gasteiger charge is 2.16. The van der Waals surface area contributed by atoms with E-state index in [0.29, 0.717) is 37.6 Å². The van der Waals surface area contributed by atoms with Crippen LogP contribution in [0.1, 0.15) is 11.1 Å². The second kappa shape index (κ2) is 11.7. The molecule has 2 aromatic heterocycles. The number of amides is 1. The quantitative estimate of drug-likeness (QED) is 0.251. The van der Waals surface area contributed by atoms with Crippen LogP contribution in [0.5, 0.6) is 11.5 Å². The molecule has 0 saturated carbocycles. The van der Waals surface area contributed by atoms with Gasteiger partial charge in [0.15, 0.2) is 5.75 Å². The molecule has 4 aromatic rings. The van der Waals surface area contributed by atoms with Crippen LogP contribution in [-0.2, 0) is 13.1 Å². The molecule has 0 saturated heterocycles. The lowest BCUT2D eigenvalue weighted by Crippen LogP contribution is -2.25. The minimum atomic E-state index is -0.452. The molecule has 2 aromatic carbocycles. The molecule has 37 heavy (non-hydrogen) atoms. The maximum atomic E-state index is 12.1. The largest absolute Gasteiger partial charge is 0.476 e. The molecule has 0 fully saturated rings. The minimum absolute atomic E-state index is 0.423. The Balaban J connectivity index is 1.64. The summed E-state index contributed by atoms with van der Waals surface area (Å²) in [5.74, 6) is 3.96. The summed E-state index contributed by atoms with van der Waals surface area (Å²) in [6.07, 6.45) is 8.77. The van der Waals surface area contributed by atoms with E-state index in [1.165, 1.54) is 4.90 Å². The lowest BCUT2D eigenvalue weighted by atomic mass is 10.0. The summed E-state index contributed by atoms with van der Waals surface area (Å²) in [6, 6.07) is 15.6. The van der Waals surface area contributed by atoms with E-state index in [0.717, 1.165) is 33.2 Å². The lowest BCUT2D eigenvalue weighted by molar-refractivity contribution is 0.172. The highest BCUT2D eigenvalue weighted by Crippen LogP contribution is 2.30. The average Bonchev–Trinajstić information content (AvgIpc) is 2.89. The molecule has 0 radical (unpaired) electrons. The Morgan fingerprint density at radius 3 is 1.97 bits per heavy atom. The molecule has 190 valence electrons. The van der Waals surface area contributed by atoms with Crippen LogP contribution in [0.4, 0.5) is 4.79 Å². The topological polar surface area (TPSA) is 71.0 Å². The summed E-state index contributed by atoms with van der Waals surface area (Å²) in [7, 11) is 7.20. The number of fused-ring (bicyclic) bond motifs is 2. The summed E-state index contributed by atoms with van der Waals surface area (Å²) in [4.78, 5) is 26.8. The third kappa shape index (κ3) is 6.15. The Kier molecular flexibility index (Phi) is 8.18. The SMILES string of the molecule is C#CCN(Cc1ccc(OCN(C)C)c2ncccc12)Cc1ccc(OC(=O)N(C)C)c2ncccc12. The fourth-order valence-corrected chi connectivity index (χ4v) is 4.05. The molecule has 4 rings (SSSR count). The summed E-state index contributed by atoms with van der Waals surface area (Å²) >= 11 is 0. The Labute approximate surface area is 217 Å². The standard InChI is InChI=1S/C29H31N5O3/c1-6-17-34(18-21-11-13-25(36-20-32(2)3)27-23(21)9-7-15-30-27)19-22-12-14-26(37-29(35)33(4)5)28-24(22)10-8-16-31-28/h1,7-16H,17-20H2,2-5H3. The van der Waals surface area contributed by atoms with E-state index in [1.54, 1.807) is 32.6 Å². The van der Waals surface area contributed by atoms with Gasteiger partial charge in [-0.15, -0.1) is 6.42 Å². The van der Waals surface area contributed by atoms with Crippen LogP contribution in [-0.4, -0.2) is 72.2 Å². The van der Waals surface area contributed by atoms with Crippen molar-refractivity contribution in [3.05, 3.63) is 72.1 Å². The van der Waals surface area contributed by atoms with Gasteiger partial charge >= 0.3 is 6.09 Å². The Morgan fingerprint density at radius 1 is 0.865 bits per heavy atom. The van der Waals surface area contributed by atoms with Crippen molar-refractivity contribution < 1.29 is 14.3 Å². The lowest BCUT2D eigenvalue weighted by Gasteiger charge is -2.23. The van der Waals surface area contributed by atoms with Crippen LogP contribution in [0.15, 0.2) is 60.9 Å². The number of terminal acetylenes is 1. The van der Waals surface area contributed by atoms with E-state index in [2.05, 4.69) is 32.9 Å². The van der Waals surface area contributed by atoms with Crippen molar-refractivity contribution in [2.45, 2.75) is 13.1 Å². The molecular weight excluding hydrogens is 466 g/mol. The van der Waals surface area contributed by atoms with Crippen LogP contribution < -0.4 is 9.47 Å². The van der Waals surface area contributed by atoms with E-state index < -0.39 is 6.09 Å². The highest BCUT2D eigenvalue weighted by molar-refractivity contribution is 5.89. The highest BCUT2D eigenvalue weighted by atomic mass is 16.6. The molecule has 1 amide bonds. The van der Waals surface area contributed by atoms with E-state index in [-0.39, 0.29) is 0 Å². The number of carbonyl (C=O) groups excluding carboxylic acids is 1. The smallest absolute Gasteiger partial charge is 0.414 e. The molecule has 0 bridgehead atoms. The number of hydrogen-bond donors (Lipinski definition) is 0. The molecular formula is C29H31N5O3. The Hall–Kier alpha value is -4.19. The number of carbonyl (C=O) groups is 1. The molecule has 0 spiro atoms. The normalized spacial score (nSPS) is 11.2. The number of pyridine rings is 2. The maximum absolute atomic E-state index is 12.1. The van der Waals surface area contributed by atoms with Crippen molar-refractivity contribution in [3.8, 4) is 23.8 Å². The van der Waals surface area contributed by atoms with Gasteiger partial charge in [-0.1, -0.05) is 30.2 Å². The first kappa shape index (κ1) is 25.9. The Bertz CT molecular complexity index is 1440. The first-order valence-corrected chi connectivity index (χ1v) is 11.9. The van der Waals surface area contributed by atoms with Gasteiger partial charge in [0.1, 0.15) is 23.5 Å². The third-order valence-corrected chi connectivity index (χ3v) is 5.79. The van der Waals surface area contributed by atoms with Gasteiger partial charge in [0.05, 0.1) is 6.54 Å². The zero-order valence-corrected chi connectivity index (χ0v) is 21.6. The predicted molar refractivity (Wildman–Crippen MR) is 145 cm³/mol. The third-order valence-electron chi connectivity index (χ3n) is 5.79. The number of hydrogen-bond acceptors (Lipinski definition) is 7.